The Labute approximate surface area is 177 Å². The molecule has 0 bridgehead atoms. The summed E-state index contributed by atoms with van der Waals surface area (Å²) in [5.41, 5.74) is 2.16. The predicted molar refractivity (Wildman–Crippen MR) is 116 cm³/mol. The Morgan fingerprint density at radius 3 is 2.77 bits per heavy atom. The second-order valence-corrected chi connectivity index (χ2v) is 7.60. The van der Waals surface area contributed by atoms with Crippen LogP contribution in [0.15, 0.2) is 47.7 Å². The molecule has 30 heavy (non-hydrogen) atoms. The zero-order valence-electron chi connectivity index (χ0n) is 17.5. The first-order valence-electron chi connectivity index (χ1n) is 10.8. The zero-order chi connectivity index (χ0) is 20.8. The number of nitrogens with one attached hydrogen (secondary N) is 1. The van der Waals surface area contributed by atoms with Crippen molar-refractivity contribution in [3.8, 4) is 5.69 Å². The molecule has 2 aliphatic heterocycles. The van der Waals surface area contributed by atoms with Crippen molar-refractivity contribution in [2.75, 3.05) is 39.3 Å². The minimum absolute atomic E-state index is 0.143. The monoisotopic (exact) mass is 410 g/mol. The Kier molecular flexibility index (Phi) is 6.63. The fourth-order valence-corrected chi connectivity index (χ4v) is 3.93. The molecule has 1 unspecified atom stereocenters. The van der Waals surface area contributed by atoms with Gasteiger partial charge < -0.3 is 19.9 Å². The summed E-state index contributed by atoms with van der Waals surface area (Å²) in [5.74, 6) is 1.04. The standard InChI is InChI=1S/C22H30N6O2/c1-2-23-22(24-17-18-6-3-7-19(16-18)28-10-5-9-25-28)27-13-11-26(12-14-27)21(29)20-8-4-15-30-20/h3,5-7,9-10,16,20H,2,4,8,11-15,17H2,1H3,(H,23,24). The molecule has 2 saturated heterocycles. The molecule has 0 radical (unpaired) electrons. The van der Waals surface area contributed by atoms with Gasteiger partial charge in [-0.1, -0.05) is 12.1 Å². The van der Waals surface area contributed by atoms with E-state index in [0.717, 1.165) is 49.7 Å². The molecule has 1 amide bonds. The van der Waals surface area contributed by atoms with Gasteiger partial charge in [0.1, 0.15) is 6.10 Å². The van der Waals surface area contributed by atoms with E-state index < -0.39 is 0 Å². The quantitative estimate of drug-likeness (QED) is 0.599. The van der Waals surface area contributed by atoms with Gasteiger partial charge in [-0.2, -0.15) is 5.10 Å². The van der Waals surface area contributed by atoms with Gasteiger partial charge in [0.25, 0.3) is 5.91 Å². The summed E-state index contributed by atoms with van der Waals surface area (Å²) in [5, 5.41) is 7.69. The first-order valence-corrected chi connectivity index (χ1v) is 10.8. The zero-order valence-corrected chi connectivity index (χ0v) is 17.5. The van der Waals surface area contributed by atoms with Crippen LogP contribution in [0.5, 0.6) is 0 Å². The molecule has 0 saturated carbocycles. The van der Waals surface area contributed by atoms with Crippen molar-refractivity contribution >= 4 is 11.9 Å². The molecule has 2 aliphatic rings. The van der Waals surface area contributed by atoms with Crippen LogP contribution >= 0.6 is 0 Å². The molecule has 3 heterocycles. The van der Waals surface area contributed by atoms with Crippen molar-refractivity contribution in [1.82, 2.24) is 24.9 Å². The molecule has 2 aromatic rings. The molecule has 8 heteroatoms. The Hall–Kier alpha value is -2.87. The maximum atomic E-state index is 12.6. The Morgan fingerprint density at radius 1 is 1.23 bits per heavy atom. The summed E-state index contributed by atoms with van der Waals surface area (Å²) in [7, 11) is 0. The summed E-state index contributed by atoms with van der Waals surface area (Å²) in [4.78, 5) is 21.6. The Balaban J connectivity index is 1.37. The van der Waals surface area contributed by atoms with Crippen LogP contribution in [0, 0.1) is 0 Å². The number of hydrogen-bond donors (Lipinski definition) is 1. The maximum absolute atomic E-state index is 12.6. The molecule has 4 rings (SSSR count). The lowest BCUT2D eigenvalue weighted by Gasteiger charge is -2.37. The number of ether oxygens (including phenoxy) is 1. The van der Waals surface area contributed by atoms with Crippen LogP contribution in [-0.2, 0) is 16.1 Å². The fraction of sp³-hybridized carbons (Fsp3) is 0.500. The topological polar surface area (TPSA) is 75.0 Å². The largest absolute Gasteiger partial charge is 0.368 e. The van der Waals surface area contributed by atoms with Crippen molar-refractivity contribution in [3.05, 3.63) is 48.3 Å². The molecule has 1 aromatic heterocycles. The minimum Gasteiger partial charge on any atom is -0.368 e. The average molecular weight is 411 g/mol. The lowest BCUT2D eigenvalue weighted by Crippen LogP contribution is -2.55. The van der Waals surface area contributed by atoms with Gasteiger partial charge in [0.15, 0.2) is 5.96 Å². The fourth-order valence-electron chi connectivity index (χ4n) is 3.93. The molecular formula is C22H30N6O2. The number of hydrogen-bond acceptors (Lipinski definition) is 4. The van der Waals surface area contributed by atoms with Gasteiger partial charge in [-0.15, -0.1) is 0 Å². The number of rotatable bonds is 5. The van der Waals surface area contributed by atoms with E-state index in [0.29, 0.717) is 26.2 Å². The highest BCUT2D eigenvalue weighted by Gasteiger charge is 2.30. The molecule has 2 fully saturated rings. The van der Waals surface area contributed by atoms with Crippen molar-refractivity contribution < 1.29 is 9.53 Å². The number of carbonyl (C=O) groups excluding carboxylic acids is 1. The van der Waals surface area contributed by atoms with E-state index >= 15 is 0 Å². The highest BCUT2D eigenvalue weighted by molar-refractivity contribution is 5.82. The average Bonchev–Trinajstić information content (AvgIpc) is 3.51. The Morgan fingerprint density at radius 2 is 2.07 bits per heavy atom. The first kappa shape index (κ1) is 20.4. The highest BCUT2D eigenvalue weighted by Crippen LogP contribution is 2.16. The van der Waals surface area contributed by atoms with Gasteiger partial charge >= 0.3 is 0 Å². The number of nitrogens with zero attached hydrogens (tertiary/aromatic N) is 5. The minimum atomic E-state index is -0.236. The summed E-state index contributed by atoms with van der Waals surface area (Å²) in [6.07, 6.45) is 5.30. The van der Waals surface area contributed by atoms with Gasteiger partial charge in [-0.3, -0.25) is 4.79 Å². The molecule has 0 spiro atoms. The van der Waals surface area contributed by atoms with Crippen molar-refractivity contribution in [2.24, 2.45) is 4.99 Å². The number of benzene rings is 1. The van der Waals surface area contributed by atoms with E-state index in [1.807, 2.05) is 34.0 Å². The van der Waals surface area contributed by atoms with E-state index in [4.69, 9.17) is 9.73 Å². The molecule has 8 nitrogen and oxygen atoms in total. The van der Waals surface area contributed by atoms with Gasteiger partial charge in [0.05, 0.1) is 12.2 Å². The molecule has 1 N–H and O–H groups in total. The van der Waals surface area contributed by atoms with Crippen LogP contribution in [0.25, 0.3) is 5.69 Å². The third-order valence-electron chi connectivity index (χ3n) is 5.52. The molecule has 1 aromatic carbocycles. The lowest BCUT2D eigenvalue weighted by molar-refractivity contribution is -0.142. The van der Waals surface area contributed by atoms with E-state index in [9.17, 15) is 4.79 Å². The summed E-state index contributed by atoms with van der Waals surface area (Å²) < 4.78 is 7.41. The van der Waals surface area contributed by atoms with E-state index in [1.54, 1.807) is 6.20 Å². The first-order chi connectivity index (χ1) is 14.7. The molecule has 0 aliphatic carbocycles. The summed E-state index contributed by atoms with van der Waals surface area (Å²) in [6.45, 7) is 7.14. The third kappa shape index (κ3) is 4.81. The number of guanidine groups is 1. The SMILES string of the molecule is CCNC(=NCc1cccc(-n2cccn2)c1)N1CCN(C(=O)C2CCCO2)CC1. The number of piperazine rings is 1. The van der Waals surface area contributed by atoms with Gasteiger partial charge in [-0.05, 0) is 43.5 Å². The second-order valence-electron chi connectivity index (χ2n) is 7.60. The summed E-state index contributed by atoms with van der Waals surface area (Å²) in [6, 6.07) is 10.2. The van der Waals surface area contributed by atoms with Crippen molar-refractivity contribution in [3.63, 3.8) is 0 Å². The number of amides is 1. The van der Waals surface area contributed by atoms with E-state index in [1.165, 1.54) is 0 Å². The van der Waals surface area contributed by atoms with Crippen LogP contribution in [-0.4, -0.2) is 76.9 Å². The van der Waals surface area contributed by atoms with Gasteiger partial charge in [-0.25, -0.2) is 9.67 Å². The molecule has 1 atom stereocenters. The number of carbonyl (C=O) groups is 1. The number of aliphatic imine (C=N–C) groups is 1. The van der Waals surface area contributed by atoms with E-state index in [-0.39, 0.29) is 12.0 Å². The van der Waals surface area contributed by atoms with Crippen molar-refractivity contribution in [2.45, 2.75) is 32.4 Å². The van der Waals surface area contributed by atoms with Gasteiger partial charge in [0, 0.05) is 51.7 Å². The maximum Gasteiger partial charge on any atom is 0.251 e. The third-order valence-corrected chi connectivity index (χ3v) is 5.52. The van der Waals surface area contributed by atoms with Gasteiger partial charge in [0.2, 0.25) is 0 Å². The number of aromatic nitrogens is 2. The Bertz CT molecular complexity index is 852. The highest BCUT2D eigenvalue weighted by atomic mass is 16.5. The van der Waals surface area contributed by atoms with Crippen LogP contribution in [0.1, 0.15) is 25.3 Å². The molecular weight excluding hydrogens is 380 g/mol. The lowest BCUT2D eigenvalue weighted by atomic mass is 10.2. The van der Waals surface area contributed by atoms with Crippen LogP contribution in [0.3, 0.4) is 0 Å². The molecule has 160 valence electrons. The summed E-state index contributed by atoms with van der Waals surface area (Å²) >= 11 is 0. The predicted octanol–water partition coefficient (Wildman–Crippen LogP) is 1.66. The second kappa shape index (κ2) is 9.75. The van der Waals surface area contributed by atoms with Crippen LogP contribution in [0.2, 0.25) is 0 Å². The smallest absolute Gasteiger partial charge is 0.251 e. The van der Waals surface area contributed by atoms with E-state index in [2.05, 4.69) is 34.4 Å². The normalized spacial score (nSPS) is 19.9. The van der Waals surface area contributed by atoms with Crippen molar-refractivity contribution in [1.29, 1.82) is 0 Å². The van der Waals surface area contributed by atoms with Crippen LogP contribution < -0.4 is 5.32 Å². The van der Waals surface area contributed by atoms with Crippen LogP contribution in [0.4, 0.5) is 0 Å².